The van der Waals surface area contributed by atoms with E-state index in [0.29, 0.717) is 35.8 Å². The van der Waals surface area contributed by atoms with Gasteiger partial charge >= 0.3 is 6.09 Å². The van der Waals surface area contributed by atoms with Crippen LogP contribution >= 0.6 is 11.6 Å². The Morgan fingerprint density at radius 3 is 2.76 bits per heavy atom. The van der Waals surface area contributed by atoms with Gasteiger partial charge in [0.25, 0.3) is 0 Å². The third-order valence-corrected chi connectivity index (χ3v) is 4.94. The molecule has 0 aromatic heterocycles. The quantitative estimate of drug-likeness (QED) is 0.727. The van der Waals surface area contributed by atoms with Crippen LogP contribution in [0.1, 0.15) is 52.0 Å². The zero-order chi connectivity index (χ0) is 21.4. The second kappa shape index (κ2) is 10.5. The van der Waals surface area contributed by atoms with Crippen LogP contribution in [0.15, 0.2) is 18.2 Å². The van der Waals surface area contributed by atoms with Gasteiger partial charge in [0.2, 0.25) is 5.91 Å². The number of piperidine rings is 1. The first-order chi connectivity index (χ1) is 13.7. The van der Waals surface area contributed by atoms with E-state index >= 15 is 0 Å². The Labute approximate surface area is 177 Å². The summed E-state index contributed by atoms with van der Waals surface area (Å²) >= 11 is 6.00. The van der Waals surface area contributed by atoms with Crippen LogP contribution in [0.5, 0.6) is 0 Å². The van der Waals surface area contributed by atoms with Gasteiger partial charge in [-0.05, 0) is 58.4 Å². The van der Waals surface area contributed by atoms with Gasteiger partial charge < -0.3 is 15.4 Å². The van der Waals surface area contributed by atoms with Crippen LogP contribution in [-0.2, 0) is 9.53 Å². The molecular formula is C21H29ClN4O3. The number of hydrogen-bond acceptors (Lipinski definition) is 5. The molecule has 158 valence electrons. The molecular weight excluding hydrogens is 392 g/mol. The average molecular weight is 421 g/mol. The van der Waals surface area contributed by atoms with Gasteiger partial charge in [-0.15, -0.1) is 0 Å². The Kier molecular flexibility index (Phi) is 8.30. The zero-order valence-corrected chi connectivity index (χ0v) is 18.0. The third-order valence-electron chi connectivity index (χ3n) is 4.63. The minimum Gasteiger partial charge on any atom is -0.444 e. The standard InChI is InChI=1S/C21H29ClN4O3/c1-21(2,3)29-20(28)24-14-17-6-4-5-10-26(17)11-9-19(27)25-16-8-7-15(13-23)18(22)12-16/h7-8,12,17H,4-6,9-11,14H2,1-3H3,(H,24,28)(H,25,27). The van der Waals surface area contributed by atoms with Crippen LogP contribution in [-0.4, -0.2) is 48.2 Å². The maximum atomic E-state index is 12.3. The third kappa shape index (κ3) is 7.92. The first-order valence-electron chi connectivity index (χ1n) is 9.88. The number of anilines is 1. The summed E-state index contributed by atoms with van der Waals surface area (Å²) < 4.78 is 5.29. The van der Waals surface area contributed by atoms with Crippen molar-refractivity contribution in [2.24, 2.45) is 0 Å². The molecule has 1 unspecified atom stereocenters. The summed E-state index contributed by atoms with van der Waals surface area (Å²) in [6, 6.07) is 7.00. The number of nitrogens with zero attached hydrogens (tertiary/aromatic N) is 2. The molecule has 2 N–H and O–H groups in total. The summed E-state index contributed by atoms with van der Waals surface area (Å²) in [5.74, 6) is -0.116. The van der Waals surface area contributed by atoms with Crippen molar-refractivity contribution in [3.05, 3.63) is 28.8 Å². The SMILES string of the molecule is CC(C)(C)OC(=O)NCC1CCCCN1CCC(=O)Nc1ccc(C#N)c(Cl)c1. The van der Waals surface area contributed by atoms with Gasteiger partial charge in [-0.25, -0.2) is 4.79 Å². The summed E-state index contributed by atoms with van der Waals surface area (Å²) in [6.07, 6.45) is 3.07. The van der Waals surface area contributed by atoms with Crippen molar-refractivity contribution in [2.45, 2.75) is 58.1 Å². The Balaban J connectivity index is 1.82. The maximum absolute atomic E-state index is 12.3. The van der Waals surface area contributed by atoms with Crippen LogP contribution in [0.4, 0.5) is 10.5 Å². The number of carbonyl (C=O) groups is 2. The molecule has 0 saturated carbocycles. The molecule has 1 atom stereocenters. The molecule has 1 saturated heterocycles. The number of ether oxygens (including phenoxy) is 1. The Morgan fingerprint density at radius 1 is 1.34 bits per heavy atom. The lowest BCUT2D eigenvalue weighted by molar-refractivity contribution is -0.116. The molecule has 0 radical (unpaired) electrons. The summed E-state index contributed by atoms with van der Waals surface area (Å²) in [4.78, 5) is 26.5. The van der Waals surface area contributed by atoms with E-state index in [9.17, 15) is 9.59 Å². The van der Waals surface area contributed by atoms with Crippen LogP contribution in [0.25, 0.3) is 0 Å². The summed E-state index contributed by atoms with van der Waals surface area (Å²) in [7, 11) is 0. The van der Waals surface area contributed by atoms with Crippen molar-refractivity contribution in [2.75, 3.05) is 25.0 Å². The topological polar surface area (TPSA) is 94.5 Å². The van der Waals surface area contributed by atoms with E-state index in [1.807, 2.05) is 26.8 Å². The Hall–Kier alpha value is -2.30. The number of amides is 2. The zero-order valence-electron chi connectivity index (χ0n) is 17.3. The molecule has 2 amide bonds. The van der Waals surface area contributed by atoms with Crippen LogP contribution in [0.3, 0.4) is 0 Å². The summed E-state index contributed by atoms with van der Waals surface area (Å²) in [5, 5.41) is 14.9. The smallest absolute Gasteiger partial charge is 0.407 e. The largest absolute Gasteiger partial charge is 0.444 e. The molecule has 2 rings (SSSR count). The van der Waals surface area contributed by atoms with Crippen molar-refractivity contribution in [3.63, 3.8) is 0 Å². The van der Waals surface area contributed by atoms with Gasteiger partial charge in [0, 0.05) is 31.2 Å². The normalized spacial score (nSPS) is 17.3. The average Bonchev–Trinajstić information content (AvgIpc) is 2.64. The highest BCUT2D eigenvalue weighted by molar-refractivity contribution is 6.32. The molecule has 1 aliphatic rings. The number of benzene rings is 1. The lowest BCUT2D eigenvalue weighted by Crippen LogP contribution is -2.48. The second-order valence-electron chi connectivity index (χ2n) is 8.17. The van der Waals surface area contributed by atoms with E-state index in [1.165, 1.54) is 0 Å². The molecule has 1 fully saturated rings. The minimum absolute atomic E-state index is 0.116. The van der Waals surface area contributed by atoms with Gasteiger partial charge in [0.1, 0.15) is 11.7 Å². The molecule has 8 heteroatoms. The minimum atomic E-state index is -0.525. The first-order valence-corrected chi connectivity index (χ1v) is 10.3. The molecule has 29 heavy (non-hydrogen) atoms. The van der Waals surface area contributed by atoms with E-state index < -0.39 is 11.7 Å². The fraction of sp³-hybridized carbons (Fsp3) is 0.571. The number of nitrogens with one attached hydrogen (secondary N) is 2. The molecule has 7 nitrogen and oxygen atoms in total. The monoisotopic (exact) mass is 420 g/mol. The molecule has 0 spiro atoms. The first kappa shape index (κ1) is 23.0. The molecule has 0 aliphatic carbocycles. The van der Waals surface area contributed by atoms with E-state index in [2.05, 4.69) is 15.5 Å². The van der Waals surface area contributed by atoms with Crippen molar-refractivity contribution < 1.29 is 14.3 Å². The molecule has 1 aromatic rings. The predicted molar refractivity (Wildman–Crippen MR) is 113 cm³/mol. The number of hydrogen-bond donors (Lipinski definition) is 2. The molecule has 1 aromatic carbocycles. The van der Waals surface area contributed by atoms with Gasteiger partial charge in [0.05, 0.1) is 10.6 Å². The van der Waals surface area contributed by atoms with Crippen LogP contribution in [0, 0.1) is 11.3 Å². The van der Waals surface area contributed by atoms with Crippen molar-refractivity contribution >= 4 is 29.3 Å². The lowest BCUT2D eigenvalue weighted by Gasteiger charge is -2.35. The number of alkyl carbamates (subject to hydrolysis) is 1. The van der Waals surface area contributed by atoms with Gasteiger partial charge in [0.15, 0.2) is 0 Å². The highest BCUT2D eigenvalue weighted by atomic mass is 35.5. The van der Waals surface area contributed by atoms with Crippen LogP contribution in [0.2, 0.25) is 5.02 Å². The number of carbonyl (C=O) groups excluding carboxylic acids is 2. The fourth-order valence-electron chi connectivity index (χ4n) is 3.25. The lowest BCUT2D eigenvalue weighted by atomic mass is 10.0. The number of rotatable bonds is 6. The number of nitriles is 1. The van der Waals surface area contributed by atoms with Gasteiger partial charge in [-0.3, -0.25) is 9.69 Å². The summed E-state index contributed by atoms with van der Waals surface area (Å²) in [5.41, 5.74) is 0.419. The van der Waals surface area contributed by atoms with Crippen molar-refractivity contribution in [1.29, 1.82) is 5.26 Å². The molecule has 1 heterocycles. The predicted octanol–water partition coefficient (Wildman–Crippen LogP) is 3.92. The van der Waals surface area contributed by atoms with E-state index in [0.717, 1.165) is 25.8 Å². The maximum Gasteiger partial charge on any atom is 0.407 e. The number of likely N-dealkylation sites (tertiary alicyclic amines) is 1. The fourth-order valence-corrected chi connectivity index (χ4v) is 3.48. The van der Waals surface area contributed by atoms with E-state index in [-0.39, 0.29) is 11.9 Å². The number of halogens is 1. The van der Waals surface area contributed by atoms with Gasteiger partial charge in [-0.2, -0.15) is 5.26 Å². The summed E-state index contributed by atoms with van der Waals surface area (Å²) in [6.45, 7) is 7.51. The molecule has 0 bridgehead atoms. The Morgan fingerprint density at radius 2 is 2.10 bits per heavy atom. The van der Waals surface area contributed by atoms with E-state index in [1.54, 1.807) is 18.2 Å². The van der Waals surface area contributed by atoms with E-state index in [4.69, 9.17) is 21.6 Å². The highest BCUT2D eigenvalue weighted by Gasteiger charge is 2.24. The molecule has 1 aliphatic heterocycles. The second-order valence-corrected chi connectivity index (χ2v) is 8.58. The van der Waals surface area contributed by atoms with Crippen LogP contribution < -0.4 is 10.6 Å². The highest BCUT2D eigenvalue weighted by Crippen LogP contribution is 2.21. The van der Waals surface area contributed by atoms with Gasteiger partial charge in [-0.1, -0.05) is 18.0 Å². The van der Waals surface area contributed by atoms with Crippen molar-refractivity contribution in [3.8, 4) is 6.07 Å². The Bertz CT molecular complexity index is 770. The van der Waals surface area contributed by atoms with Crippen molar-refractivity contribution in [1.82, 2.24) is 10.2 Å².